The number of aliphatic hydroxyl groups excluding tert-OH is 1. The summed E-state index contributed by atoms with van der Waals surface area (Å²) in [5.41, 5.74) is 2.10. The van der Waals surface area contributed by atoms with Gasteiger partial charge in [-0.05, 0) is 37.0 Å². The lowest BCUT2D eigenvalue weighted by Crippen LogP contribution is -2.14. The molecule has 0 bridgehead atoms. The van der Waals surface area contributed by atoms with Gasteiger partial charge in [0, 0.05) is 12.0 Å². The molecule has 1 aliphatic carbocycles. The van der Waals surface area contributed by atoms with Gasteiger partial charge < -0.3 is 10.4 Å². The van der Waals surface area contributed by atoms with Crippen LogP contribution < -0.4 is 5.32 Å². The monoisotopic (exact) mass is 300 g/mol. The molecule has 0 aromatic heterocycles. The highest BCUT2D eigenvalue weighted by atomic mass is 35.5. The SMILES string of the molecule is N#Cc1ccc(NC2=NC=NC(O)=C(C3CC3)C2)c(Cl)c1. The molecule has 2 aliphatic rings. The summed E-state index contributed by atoms with van der Waals surface area (Å²) in [6.07, 6.45) is 4.02. The summed E-state index contributed by atoms with van der Waals surface area (Å²) in [5.74, 6) is 1.16. The third kappa shape index (κ3) is 3.06. The van der Waals surface area contributed by atoms with Crippen LogP contribution in [0.15, 0.2) is 39.6 Å². The van der Waals surface area contributed by atoms with Crippen molar-refractivity contribution in [2.75, 3.05) is 5.32 Å². The van der Waals surface area contributed by atoms with Crippen LogP contribution in [-0.2, 0) is 0 Å². The summed E-state index contributed by atoms with van der Waals surface area (Å²) in [4.78, 5) is 8.12. The van der Waals surface area contributed by atoms with Crippen LogP contribution in [0.5, 0.6) is 0 Å². The second-order valence-corrected chi connectivity index (χ2v) is 5.46. The first-order valence-corrected chi connectivity index (χ1v) is 7.03. The van der Waals surface area contributed by atoms with Crippen LogP contribution in [0.4, 0.5) is 5.69 Å². The first-order chi connectivity index (χ1) is 10.2. The van der Waals surface area contributed by atoms with E-state index in [9.17, 15) is 5.11 Å². The van der Waals surface area contributed by atoms with Crippen molar-refractivity contribution in [3.8, 4) is 6.07 Å². The van der Waals surface area contributed by atoms with Gasteiger partial charge in [0.05, 0.1) is 22.3 Å². The summed E-state index contributed by atoms with van der Waals surface area (Å²) in [6, 6.07) is 7.07. The normalized spacial score (nSPS) is 18.0. The average Bonchev–Trinajstić information content (AvgIpc) is 3.30. The summed E-state index contributed by atoms with van der Waals surface area (Å²) in [7, 11) is 0. The third-order valence-corrected chi connectivity index (χ3v) is 3.80. The Balaban J connectivity index is 1.81. The number of hydrogen-bond donors (Lipinski definition) is 2. The Morgan fingerprint density at radius 2 is 2.19 bits per heavy atom. The molecule has 3 rings (SSSR count). The van der Waals surface area contributed by atoms with Crippen molar-refractivity contribution in [2.45, 2.75) is 19.3 Å². The Morgan fingerprint density at radius 1 is 1.38 bits per heavy atom. The fourth-order valence-electron chi connectivity index (χ4n) is 2.22. The van der Waals surface area contributed by atoms with Gasteiger partial charge in [0.25, 0.3) is 0 Å². The van der Waals surface area contributed by atoms with Gasteiger partial charge in [0.1, 0.15) is 12.2 Å². The van der Waals surface area contributed by atoms with Gasteiger partial charge in [0.2, 0.25) is 5.88 Å². The minimum absolute atomic E-state index is 0.0731. The lowest BCUT2D eigenvalue weighted by Gasteiger charge is -2.12. The number of anilines is 1. The van der Waals surface area contributed by atoms with E-state index in [1.165, 1.54) is 6.34 Å². The standard InChI is InChI=1S/C15H13ClN4O/c16-12-5-9(7-17)1-4-13(12)20-14-6-11(10-2-3-10)15(21)19-8-18-14/h1,4-5,8,10,21H,2-3,6H2,(H,18,19,20). The zero-order valence-electron chi connectivity index (χ0n) is 11.2. The molecule has 1 aliphatic heterocycles. The first kappa shape index (κ1) is 13.7. The molecule has 0 amide bonds. The van der Waals surface area contributed by atoms with Crippen LogP contribution in [0.3, 0.4) is 0 Å². The molecule has 2 N–H and O–H groups in total. The highest BCUT2D eigenvalue weighted by Gasteiger charge is 2.30. The summed E-state index contributed by atoms with van der Waals surface area (Å²) >= 11 is 6.14. The van der Waals surface area contributed by atoms with Gasteiger partial charge >= 0.3 is 0 Å². The van der Waals surface area contributed by atoms with Gasteiger partial charge in [-0.1, -0.05) is 11.6 Å². The molecule has 1 fully saturated rings. The van der Waals surface area contributed by atoms with E-state index in [1.807, 2.05) is 6.07 Å². The molecule has 6 heteroatoms. The van der Waals surface area contributed by atoms with E-state index < -0.39 is 0 Å². The van der Waals surface area contributed by atoms with Crippen LogP contribution in [0, 0.1) is 17.2 Å². The Labute approximate surface area is 127 Å². The Bertz CT molecular complexity index is 711. The van der Waals surface area contributed by atoms with Crippen LogP contribution in [0.2, 0.25) is 5.02 Å². The number of aliphatic imine (C=N–C) groups is 2. The van der Waals surface area contributed by atoms with Crippen molar-refractivity contribution < 1.29 is 5.11 Å². The van der Waals surface area contributed by atoms with Gasteiger partial charge in [-0.2, -0.15) is 5.26 Å². The molecule has 5 nitrogen and oxygen atoms in total. The van der Waals surface area contributed by atoms with Crippen molar-refractivity contribution in [2.24, 2.45) is 15.9 Å². The molecular formula is C15H13ClN4O. The molecule has 0 radical (unpaired) electrons. The fourth-order valence-corrected chi connectivity index (χ4v) is 2.45. The van der Waals surface area contributed by atoms with Gasteiger partial charge in [0.15, 0.2) is 0 Å². The smallest absolute Gasteiger partial charge is 0.212 e. The van der Waals surface area contributed by atoms with Gasteiger partial charge in [-0.25, -0.2) is 9.98 Å². The van der Waals surface area contributed by atoms with Crippen molar-refractivity contribution in [1.29, 1.82) is 5.26 Å². The van der Waals surface area contributed by atoms with Crippen LogP contribution in [0.1, 0.15) is 24.8 Å². The number of nitrogens with zero attached hydrogens (tertiary/aromatic N) is 3. The van der Waals surface area contributed by atoms with E-state index in [-0.39, 0.29) is 5.88 Å². The average molecular weight is 301 g/mol. The van der Waals surface area contributed by atoms with E-state index >= 15 is 0 Å². The molecular weight excluding hydrogens is 288 g/mol. The van der Waals surface area contributed by atoms with Crippen LogP contribution >= 0.6 is 11.6 Å². The third-order valence-electron chi connectivity index (χ3n) is 3.49. The van der Waals surface area contributed by atoms with E-state index in [0.717, 1.165) is 18.4 Å². The Morgan fingerprint density at radius 3 is 2.86 bits per heavy atom. The summed E-state index contributed by atoms with van der Waals surface area (Å²) in [5, 5.41) is 22.3. The number of halogens is 1. The molecule has 21 heavy (non-hydrogen) atoms. The molecule has 1 aromatic carbocycles. The minimum Gasteiger partial charge on any atom is -0.493 e. The highest BCUT2D eigenvalue weighted by molar-refractivity contribution is 6.34. The molecule has 106 valence electrons. The quantitative estimate of drug-likeness (QED) is 0.875. The number of benzene rings is 1. The Kier molecular flexibility index (Phi) is 3.63. The van der Waals surface area contributed by atoms with Crippen LogP contribution in [0.25, 0.3) is 0 Å². The molecule has 0 saturated heterocycles. The molecule has 1 heterocycles. The van der Waals surface area contributed by atoms with E-state index in [4.69, 9.17) is 16.9 Å². The molecule has 0 unspecified atom stereocenters. The van der Waals surface area contributed by atoms with E-state index in [2.05, 4.69) is 15.3 Å². The number of aliphatic hydroxyl groups is 1. The predicted molar refractivity (Wildman–Crippen MR) is 82.7 cm³/mol. The number of nitriles is 1. The molecule has 0 spiro atoms. The minimum atomic E-state index is 0.0731. The maximum Gasteiger partial charge on any atom is 0.212 e. The van der Waals surface area contributed by atoms with E-state index in [0.29, 0.717) is 34.4 Å². The second kappa shape index (κ2) is 5.58. The lowest BCUT2D eigenvalue weighted by atomic mass is 10.1. The summed E-state index contributed by atoms with van der Waals surface area (Å²) in [6.45, 7) is 0. The second-order valence-electron chi connectivity index (χ2n) is 5.05. The molecule has 0 atom stereocenters. The summed E-state index contributed by atoms with van der Waals surface area (Å²) < 4.78 is 0. The van der Waals surface area contributed by atoms with Crippen molar-refractivity contribution in [3.05, 3.63) is 40.2 Å². The van der Waals surface area contributed by atoms with Crippen molar-refractivity contribution >= 4 is 29.5 Å². The van der Waals surface area contributed by atoms with Crippen LogP contribution in [-0.4, -0.2) is 17.3 Å². The topological polar surface area (TPSA) is 80.8 Å². The number of hydrogen-bond acceptors (Lipinski definition) is 5. The predicted octanol–water partition coefficient (Wildman–Crippen LogP) is 3.63. The number of amidine groups is 1. The van der Waals surface area contributed by atoms with Crippen molar-refractivity contribution in [1.82, 2.24) is 0 Å². The Hall–Kier alpha value is -2.32. The largest absolute Gasteiger partial charge is 0.493 e. The van der Waals surface area contributed by atoms with E-state index in [1.54, 1.807) is 18.2 Å². The zero-order chi connectivity index (χ0) is 14.8. The molecule has 1 aromatic rings. The number of rotatable bonds is 2. The maximum atomic E-state index is 9.88. The first-order valence-electron chi connectivity index (χ1n) is 6.65. The van der Waals surface area contributed by atoms with Crippen molar-refractivity contribution in [3.63, 3.8) is 0 Å². The number of nitrogens with one attached hydrogen (secondary N) is 1. The maximum absolute atomic E-state index is 9.88. The molecule has 1 saturated carbocycles. The van der Waals surface area contributed by atoms with Gasteiger partial charge in [-0.3, -0.25) is 0 Å². The zero-order valence-corrected chi connectivity index (χ0v) is 11.9. The lowest BCUT2D eigenvalue weighted by molar-refractivity contribution is 0.395. The van der Waals surface area contributed by atoms with Gasteiger partial charge in [-0.15, -0.1) is 0 Å². The highest BCUT2D eigenvalue weighted by Crippen LogP contribution is 2.40. The fraction of sp³-hybridized carbons (Fsp3) is 0.267.